The molecule has 0 radical (unpaired) electrons. The first-order valence-electron chi connectivity index (χ1n) is 12.8. The number of anilines is 1. The summed E-state index contributed by atoms with van der Waals surface area (Å²) >= 11 is 1.14. The number of ether oxygens (including phenoxy) is 2. The summed E-state index contributed by atoms with van der Waals surface area (Å²) in [6, 6.07) is 16.5. The molecule has 1 atom stereocenters. The van der Waals surface area contributed by atoms with E-state index in [0.29, 0.717) is 27.6 Å². The minimum absolute atomic E-state index is 0.0258. The Kier molecular flexibility index (Phi) is 7.94. The summed E-state index contributed by atoms with van der Waals surface area (Å²) in [5.74, 6) is -1.53. The number of thioether (sulfide) groups is 1. The van der Waals surface area contributed by atoms with E-state index in [4.69, 9.17) is 9.47 Å². The van der Waals surface area contributed by atoms with Crippen LogP contribution in [0.4, 0.5) is 5.69 Å². The van der Waals surface area contributed by atoms with Crippen LogP contribution in [0, 0.1) is 11.3 Å². The molecule has 1 saturated heterocycles. The van der Waals surface area contributed by atoms with Gasteiger partial charge >= 0.3 is 5.97 Å². The summed E-state index contributed by atoms with van der Waals surface area (Å²) in [6.07, 6.45) is 3.79. The number of methoxy groups -OCH3 is 1. The quantitative estimate of drug-likeness (QED) is 0.227. The lowest BCUT2D eigenvalue weighted by molar-refractivity contribution is -0.121. The van der Waals surface area contributed by atoms with Crippen molar-refractivity contribution in [2.24, 2.45) is 0 Å². The van der Waals surface area contributed by atoms with Gasteiger partial charge in [-0.1, -0.05) is 23.9 Å². The standard InChI is InChI=1S/C30H25N3O6S/c1-38-25-9-5-3-7-22(25)24(34)17-39-30(37)18-10-12-21(13-11-18)33-27(35)15-26(29(33)36)40-28-20(16-31)14-19-6-2-4-8-23(19)32-28/h3,5,7,9-14,26H,2,4,6,8,15,17H2,1H3. The van der Waals surface area contributed by atoms with Crippen molar-refractivity contribution in [1.29, 1.82) is 5.26 Å². The van der Waals surface area contributed by atoms with Crippen LogP contribution in [0.3, 0.4) is 0 Å². The average molecular weight is 556 g/mol. The number of amides is 2. The van der Waals surface area contributed by atoms with Gasteiger partial charge in [0.15, 0.2) is 6.61 Å². The molecular weight excluding hydrogens is 530 g/mol. The Morgan fingerprint density at radius 2 is 1.85 bits per heavy atom. The molecule has 3 aromatic rings. The predicted molar refractivity (Wildman–Crippen MR) is 146 cm³/mol. The van der Waals surface area contributed by atoms with E-state index in [-0.39, 0.29) is 17.9 Å². The number of para-hydroxylation sites is 1. The van der Waals surface area contributed by atoms with Gasteiger partial charge in [0.1, 0.15) is 16.8 Å². The van der Waals surface area contributed by atoms with E-state index >= 15 is 0 Å². The largest absolute Gasteiger partial charge is 0.496 e. The highest BCUT2D eigenvalue weighted by Gasteiger charge is 2.41. The highest BCUT2D eigenvalue weighted by molar-refractivity contribution is 8.00. The molecule has 40 heavy (non-hydrogen) atoms. The van der Waals surface area contributed by atoms with Crippen molar-refractivity contribution >= 4 is 41.0 Å². The van der Waals surface area contributed by atoms with E-state index in [9.17, 15) is 24.4 Å². The second-order valence-electron chi connectivity index (χ2n) is 9.39. The molecular formula is C30H25N3O6S. The monoisotopic (exact) mass is 555 g/mol. The van der Waals surface area contributed by atoms with Crippen LogP contribution >= 0.6 is 11.8 Å². The molecule has 1 fully saturated rings. The third-order valence-electron chi connectivity index (χ3n) is 6.85. The van der Waals surface area contributed by atoms with Gasteiger partial charge in [0.05, 0.1) is 34.7 Å². The summed E-state index contributed by atoms with van der Waals surface area (Å²) in [7, 11) is 1.45. The fourth-order valence-corrected chi connectivity index (χ4v) is 5.90. The van der Waals surface area contributed by atoms with Gasteiger partial charge in [-0.3, -0.25) is 14.4 Å². The van der Waals surface area contributed by atoms with Crippen molar-refractivity contribution in [2.45, 2.75) is 42.4 Å². The molecule has 2 aromatic carbocycles. The molecule has 1 aromatic heterocycles. The van der Waals surface area contributed by atoms with Crippen molar-refractivity contribution in [1.82, 2.24) is 4.98 Å². The molecule has 9 nitrogen and oxygen atoms in total. The van der Waals surface area contributed by atoms with Crippen LogP contribution in [-0.4, -0.2) is 47.5 Å². The van der Waals surface area contributed by atoms with Gasteiger partial charge in [0.2, 0.25) is 17.6 Å². The van der Waals surface area contributed by atoms with Crippen LogP contribution in [0.2, 0.25) is 0 Å². The van der Waals surface area contributed by atoms with Gasteiger partial charge in [0, 0.05) is 12.1 Å². The van der Waals surface area contributed by atoms with Gasteiger partial charge < -0.3 is 9.47 Å². The summed E-state index contributed by atoms with van der Waals surface area (Å²) in [5, 5.41) is 9.40. The van der Waals surface area contributed by atoms with Crippen molar-refractivity contribution in [3.63, 3.8) is 0 Å². The van der Waals surface area contributed by atoms with Crippen molar-refractivity contribution in [3.8, 4) is 11.8 Å². The van der Waals surface area contributed by atoms with Crippen LogP contribution in [0.25, 0.3) is 0 Å². The maximum Gasteiger partial charge on any atom is 0.338 e. The summed E-state index contributed by atoms with van der Waals surface area (Å²) < 4.78 is 10.3. The fraction of sp³-hybridized carbons (Fsp3) is 0.267. The molecule has 2 aliphatic rings. The Bertz CT molecular complexity index is 1550. The Morgan fingerprint density at radius 3 is 2.60 bits per heavy atom. The minimum atomic E-state index is -0.718. The third-order valence-corrected chi connectivity index (χ3v) is 8.04. The Labute approximate surface area is 235 Å². The van der Waals surface area contributed by atoms with Gasteiger partial charge in [-0.2, -0.15) is 5.26 Å². The molecule has 1 aliphatic heterocycles. The second-order valence-corrected chi connectivity index (χ2v) is 10.6. The number of pyridine rings is 1. The van der Waals surface area contributed by atoms with E-state index < -0.39 is 29.5 Å². The van der Waals surface area contributed by atoms with E-state index in [1.54, 1.807) is 24.3 Å². The highest BCUT2D eigenvalue weighted by atomic mass is 32.2. The van der Waals surface area contributed by atoms with Crippen molar-refractivity contribution in [2.75, 3.05) is 18.6 Å². The van der Waals surface area contributed by atoms with Gasteiger partial charge in [-0.25, -0.2) is 14.7 Å². The second kappa shape index (κ2) is 11.7. The normalized spacial score (nSPS) is 16.3. The third kappa shape index (κ3) is 5.46. The van der Waals surface area contributed by atoms with Crippen LogP contribution < -0.4 is 9.64 Å². The molecule has 2 amide bonds. The number of carbonyl (C=O) groups excluding carboxylic acids is 4. The number of carbonyl (C=O) groups is 4. The SMILES string of the molecule is COc1ccccc1C(=O)COC(=O)c1ccc(N2C(=O)CC(Sc3nc4c(cc3C#N)CCCC4)C2=O)cc1. The van der Waals surface area contributed by atoms with Crippen LogP contribution in [-0.2, 0) is 27.2 Å². The summed E-state index contributed by atoms with van der Waals surface area (Å²) in [6.45, 7) is -0.468. The number of ketones is 1. The van der Waals surface area contributed by atoms with E-state index in [2.05, 4.69) is 11.1 Å². The number of benzene rings is 2. The number of aryl methyl sites for hydroxylation is 2. The van der Waals surface area contributed by atoms with Gasteiger partial charge in [-0.05, 0) is 73.7 Å². The number of Topliss-reactive ketones (excluding diaryl/α,β-unsaturated/α-hetero) is 1. The van der Waals surface area contributed by atoms with Crippen LogP contribution in [0.1, 0.15) is 56.8 Å². The number of hydrogen-bond donors (Lipinski definition) is 0. The molecule has 0 spiro atoms. The molecule has 0 bridgehead atoms. The topological polar surface area (TPSA) is 127 Å². The van der Waals surface area contributed by atoms with Crippen molar-refractivity contribution < 1.29 is 28.7 Å². The number of rotatable bonds is 8. The Balaban J connectivity index is 1.24. The predicted octanol–water partition coefficient (Wildman–Crippen LogP) is 4.30. The lowest BCUT2D eigenvalue weighted by Crippen LogP contribution is -2.31. The number of hydrogen-bond acceptors (Lipinski definition) is 9. The highest BCUT2D eigenvalue weighted by Crippen LogP contribution is 2.36. The Morgan fingerprint density at radius 1 is 1.10 bits per heavy atom. The maximum atomic E-state index is 13.2. The van der Waals surface area contributed by atoms with Crippen LogP contribution in [0.15, 0.2) is 59.6 Å². The smallest absolute Gasteiger partial charge is 0.338 e. The van der Waals surface area contributed by atoms with Gasteiger partial charge in [-0.15, -0.1) is 0 Å². The molecule has 5 rings (SSSR count). The number of fused-ring (bicyclic) bond motifs is 1. The average Bonchev–Trinajstić information content (AvgIpc) is 3.27. The molecule has 2 heterocycles. The minimum Gasteiger partial charge on any atom is -0.496 e. The molecule has 10 heteroatoms. The molecule has 0 N–H and O–H groups in total. The van der Waals surface area contributed by atoms with E-state index in [1.807, 2.05) is 6.07 Å². The van der Waals surface area contributed by atoms with Crippen LogP contribution in [0.5, 0.6) is 5.75 Å². The number of aromatic nitrogens is 1. The Hall–Kier alpha value is -4.49. The van der Waals surface area contributed by atoms with Crippen molar-refractivity contribution in [3.05, 3.63) is 82.5 Å². The number of nitriles is 1. The first-order chi connectivity index (χ1) is 19.4. The zero-order valence-electron chi connectivity index (χ0n) is 21.7. The fourth-order valence-electron chi connectivity index (χ4n) is 4.80. The number of esters is 1. The first kappa shape index (κ1) is 27.1. The maximum absolute atomic E-state index is 13.2. The number of nitrogens with zero attached hydrogens (tertiary/aromatic N) is 3. The molecule has 1 unspecified atom stereocenters. The summed E-state index contributed by atoms with van der Waals surface area (Å²) in [4.78, 5) is 56.8. The zero-order chi connectivity index (χ0) is 28.2. The first-order valence-corrected chi connectivity index (χ1v) is 13.7. The van der Waals surface area contributed by atoms with E-state index in [0.717, 1.165) is 53.6 Å². The molecule has 1 aliphatic carbocycles. The zero-order valence-corrected chi connectivity index (χ0v) is 22.5. The molecule has 202 valence electrons. The van der Waals surface area contributed by atoms with Gasteiger partial charge in [0.25, 0.3) is 0 Å². The lowest BCUT2D eigenvalue weighted by atomic mass is 9.95. The summed E-state index contributed by atoms with van der Waals surface area (Å²) in [5.41, 5.74) is 3.23. The van der Waals surface area contributed by atoms with E-state index in [1.165, 1.54) is 31.4 Å². The molecule has 0 saturated carbocycles. The number of imide groups is 1. The lowest BCUT2D eigenvalue weighted by Gasteiger charge is -2.18.